The minimum absolute atomic E-state index is 0.163. The second kappa shape index (κ2) is 6.50. The molecule has 1 aromatic rings. The molecular formula is C13H19O6P. The third-order valence-electron chi connectivity index (χ3n) is 2.95. The van der Waals surface area contributed by atoms with E-state index < -0.39 is 13.2 Å². The maximum Gasteiger partial charge on any atom is 0.469 e. The first kappa shape index (κ1) is 16.9. The molecule has 7 heteroatoms. The molecule has 0 atom stereocenters. The first-order valence-electron chi connectivity index (χ1n) is 6.01. The summed E-state index contributed by atoms with van der Waals surface area (Å²) in [5.74, 6) is -0.347. The number of benzene rings is 1. The molecule has 0 unspecified atom stereocenters. The van der Waals surface area contributed by atoms with Crippen LogP contribution in [-0.2, 0) is 30.6 Å². The zero-order chi connectivity index (χ0) is 15.4. The summed E-state index contributed by atoms with van der Waals surface area (Å²) in [6.45, 7) is 3.51. The third-order valence-corrected chi connectivity index (χ3v) is 3.41. The average Bonchev–Trinajstić information content (AvgIpc) is 2.35. The Morgan fingerprint density at radius 2 is 1.90 bits per heavy atom. The summed E-state index contributed by atoms with van der Waals surface area (Å²) in [5, 5.41) is 0. The van der Waals surface area contributed by atoms with E-state index in [9.17, 15) is 9.36 Å². The lowest BCUT2D eigenvalue weighted by Crippen LogP contribution is -2.24. The Morgan fingerprint density at radius 1 is 1.30 bits per heavy atom. The molecule has 112 valence electrons. The molecule has 1 rings (SSSR count). The number of carbonyl (C=O) groups is 1. The Labute approximate surface area is 118 Å². The van der Waals surface area contributed by atoms with E-state index in [1.54, 1.807) is 24.3 Å². The first-order chi connectivity index (χ1) is 9.15. The van der Waals surface area contributed by atoms with Gasteiger partial charge in [0.15, 0.2) is 0 Å². The third kappa shape index (κ3) is 5.06. The average molecular weight is 302 g/mol. The van der Waals surface area contributed by atoms with Gasteiger partial charge in [0.25, 0.3) is 0 Å². The first-order valence-corrected chi connectivity index (χ1v) is 7.54. The van der Waals surface area contributed by atoms with Gasteiger partial charge >= 0.3 is 13.8 Å². The van der Waals surface area contributed by atoms with Gasteiger partial charge in [0.2, 0.25) is 0 Å². The number of phosphoric acid groups is 1. The molecule has 6 nitrogen and oxygen atoms in total. The molecular weight excluding hydrogens is 283 g/mol. The molecule has 0 saturated heterocycles. The van der Waals surface area contributed by atoms with Crippen molar-refractivity contribution in [1.29, 1.82) is 0 Å². The maximum atomic E-state index is 11.5. The Balaban J connectivity index is 2.99. The fraction of sp³-hybridized carbons (Fsp3) is 0.462. The van der Waals surface area contributed by atoms with Crippen molar-refractivity contribution in [3.05, 3.63) is 35.4 Å². The molecule has 0 fully saturated rings. The highest BCUT2D eigenvalue weighted by atomic mass is 31.2. The van der Waals surface area contributed by atoms with Crippen LogP contribution >= 0.6 is 7.82 Å². The van der Waals surface area contributed by atoms with Crippen LogP contribution < -0.4 is 0 Å². The highest BCUT2D eigenvalue weighted by Gasteiger charge is 2.27. The van der Waals surface area contributed by atoms with E-state index >= 15 is 0 Å². The van der Waals surface area contributed by atoms with E-state index in [4.69, 9.17) is 9.79 Å². The van der Waals surface area contributed by atoms with Crippen LogP contribution in [0.2, 0.25) is 0 Å². The normalized spacial score (nSPS) is 12.2. The lowest BCUT2D eigenvalue weighted by Gasteiger charge is -2.26. The van der Waals surface area contributed by atoms with Crippen LogP contribution in [0.1, 0.15) is 31.4 Å². The minimum Gasteiger partial charge on any atom is -0.469 e. The Kier molecular flexibility index (Phi) is 5.48. The summed E-state index contributed by atoms with van der Waals surface area (Å²) in [7, 11) is -3.21. The van der Waals surface area contributed by atoms with Crippen molar-refractivity contribution in [2.45, 2.75) is 32.3 Å². The largest absolute Gasteiger partial charge is 0.469 e. The van der Waals surface area contributed by atoms with Gasteiger partial charge in [-0.05, 0) is 11.1 Å². The van der Waals surface area contributed by atoms with Crippen molar-refractivity contribution in [2.75, 3.05) is 7.11 Å². The monoisotopic (exact) mass is 302 g/mol. The zero-order valence-corrected chi connectivity index (χ0v) is 12.6. The van der Waals surface area contributed by atoms with Crippen LogP contribution in [0.25, 0.3) is 0 Å². The number of carbonyl (C=O) groups excluding carboxylic acids is 1. The molecule has 0 spiro atoms. The quantitative estimate of drug-likeness (QED) is 0.617. The predicted molar refractivity (Wildman–Crippen MR) is 72.9 cm³/mol. The van der Waals surface area contributed by atoms with Crippen LogP contribution in [-0.4, -0.2) is 22.9 Å². The van der Waals surface area contributed by atoms with Crippen LogP contribution in [0.3, 0.4) is 0 Å². The van der Waals surface area contributed by atoms with Crippen molar-refractivity contribution in [3.63, 3.8) is 0 Å². The second-order valence-corrected chi connectivity index (χ2v) is 6.30. The smallest absolute Gasteiger partial charge is 0.469 e. The van der Waals surface area contributed by atoms with Crippen LogP contribution in [0, 0.1) is 0 Å². The second-order valence-electron chi connectivity index (χ2n) is 5.06. The van der Waals surface area contributed by atoms with E-state index in [1.807, 2.05) is 13.8 Å². The molecule has 1 aromatic carbocycles. The van der Waals surface area contributed by atoms with Crippen LogP contribution in [0.5, 0.6) is 0 Å². The van der Waals surface area contributed by atoms with E-state index in [0.29, 0.717) is 5.56 Å². The summed E-state index contributed by atoms with van der Waals surface area (Å²) in [5.41, 5.74) is 0.894. The number of ether oxygens (including phenoxy) is 1. The SMILES string of the molecule is COC(=O)CC(C)(C)c1ccccc1COP(=O)(O)O. The summed E-state index contributed by atoms with van der Waals surface area (Å²) in [6, 6.07) is 7.07. The lowest BCUT2D eigenvalue weighted by atomic mass is 9.79. The summed E-state index contributed by atoms with van der Waals surface area (Å²) in [6.07, 6.45) is 0.163. The van der Waals surface area contributed by atoms with Gasteiger partial charge in [0.1, 0.15) is 0 Å². The molecule has 0 bridgehead atoms. The summed E-state index contributed by atoms with van der Waals surface area (Å²) >= 11 is 0. The van der Waals surface area contributed by atoms with Gasteiger partial charge in [-0.3, -0.25) is 9.32 Å². The molecule has 0 radical (unpaired) electrons. The van der Waals surface area contributed by atoms with Crippen molar-refractivity contribution in [3.8, 4) is 0 Å². The van der Waals surface area contributed by atoms with Gasteiger partial charge in [-0.1, -0.05) is 38.1 Å². The van der Waals surface area contributed by atoms with Gasteiger partial charge in [0, 0.05) is 5.41 Å². The van der Waals surface area contributed by atoms with Gasteiger partial charge in [-0.25, -0.2) is 4.57 Å². The highest BCUT2D eigenvalue weighted by molar-refractivity contribution is 7.46. The zero-order valence-electron chi connectivity index (χ0n) is 11.7. The molecule has 0 aromatic heterocycles. The summed E-state index contributed by atoms with van der Waals surface area (Å²) in [4.78, 5) is 29.0. The van der Waals surface area contributed by atoms with Gasteiger partial charge < -0.3 is 14.5 Å². The molecule has 0 amide bonds. The fourth-order valence-corrected chi connectivity index (χ4v) is 2.30. The van der Waals surface area contributed by atoms with E-state index in [2.05, 4.69) is 9.26 Å². The van der Waals surface area contributed by atoms with Crippen LogP contribution in [0.15, 0.2) is 24.3 Å². The van der Waals surface area contributed by atoms with Crippen molar-refractivity contribution >= 4 is 13.8 Å². The van der Waals surface area contributed by atoms with E-state index in [0.717, 1.165) is 5.56 Å². The van der Waals surface area contributed by atoms with E-state index in [-0.39, 0.29) is 19.0 Å². The van der Waals surface area contributed by atoms with Gasteiger partial charge in [-0.2, -0.15) is 0 Å². The molecule has 0 heterocycles. The molecule has 20 heavy (non-hydrogen) atoms. The van der Waals surface area contributed by atoms with Crippen molar-refractivity contribution < 1.29 is 28.4 Å². The molecule has 2 N–H and O–H groups in total. The highest BCUT2D eigenvalue weighted by Crippen LogP contribution is 2.38. The van der Waals surface area contributed by atoms with Gasteiger partial charge in [-0.15, -0.1) is 0 Å². The lowest BCUT2D eigenvalue weighted by molar-refractivity contribution is -0.141. The Morgan fingerprint density at radius 3 is 2.45 bits per heavy atom. The van der Waals surface area contributed by atoms with Crippen LogP contribution in [0.4, 0.5) is 0 Å². The fourth-order valence-electron chi connectivity index (χ4n) is 1.99. The topological polar surface area (TPSA) is 93.1 Å². The number of phosphoric ester groups is 1. The Bertz CT molecular complexity index is 519. The molecule has 0 saturated carbocycles. The predicted octanol–water partition coefficient (Wildman–Crippen LogP) is 2.14. The number of hydrogen-bond acceptors (Lipinski definition) is 4. The molecule has 0 aliphatic heterocycles. The van der Waals surface area contributed by atoms with Crippen molar-refractivity contribution in [1.82, 2.24) is 0 Å². The van der Waals surface area contributed by atoms with Crippen molar-refractivity contribution in [2.24, 2.45) is 0 Å². The number of methoxy groups -OCH3 is 1. The van der Waals surface area contributed by atoms with Gasteiger partial charge in [0.05, 0.1) is 20.1 Å². The number of hydrogen-bond donors (Lipinski definition) is 2. The molecule has 0 aliphatic rings. The number of rotatable bonds is 6. The summed E-state index contributed by atoms with van der Waals surface area (Å²) < 4.78 is 20.0. The maximum absolute atomic E-state index is 11.5. The van der Waals surface area contributed by atoms with E-state index in [1.165, 1.54) is 7.11 Å². The molecule has 0 aliphatic carbocycles. The standard InChI is InChI=1S/C13H19O6P/c1-13(2,8-12(14)18-3)11-7-5-4-6-10(11)9-19-20(15,16)17/h4-7H,8-9H2,1-3H3,(H2,15,16,17). The minimum atomic E-state index is -4.53. The Hall–Kier alpha value is -1.20. The number of esters is 1.